The average molecular weight is 360 g/mol. The van der Waals surface area contributed by atoms with Crippen molar-refractivity contribution in [1.82, 2.24) is 0 Å². The Kier molecular flexibility index (Phi) is 6.60. The van der Waals surface area contributed by atoms with Gasteiger partial charge in [-0.05, 0) is 55.5 Å². The Bertz CT molecular complexity index is 767. The number of halogens is 1. The van der Waals surface area contributed by atoms with E-state index < -0.39 is 5.97 Å². The molecular formula is C19H18ClNO4. The normalized spacial score (nSPS) is 10.9. The van der Waals surface area contributed by atoms with E-state index in [4.69, 9.17) is 21.1 Å². The third-order valence-corrected chi connectivity index (χ3v) is 3.51. The molecular weight excluding hydrogens is 342 g/mol. The van der Waals surface area contributed by atoms with Crippen LogP contribution in [0.25, 0.3) is 0 Å². The molecule has 2 aromatic carbocycles. The summed E-state index contributed by atoms with van der Waals surface area (Å²) in [5.74, 6) is -0.263. The van der Waals surface area contributed by atoms with Gasteiger partial charge in [-0.15, -0.1) is 0 Å². The number of ether oxygens (including phenoxy) is 2. The number of anilines is 1. The lowest BCUT2D eigenvalue weighted by atomic mass is 10.1. The maximum Gasteiger partial charge on any atom is 0.354 e. The smallest absolute Gasteiger partial charge is 0.354 e. The standard InChI is InChI=1S/C19H18ClNO4/c1-3-25-16-10-8-15(9-11-16)21-17(19(23)24-2)12-18(22)13-4-6-14(20)7-5-13/h4-12,21H,3H2,1-2H3/b17-12-. The first-order chi connectivity index (χ1) is 12.0. The summed E-state index contributed by atoms with van der Waals surface area (Å²) in [4.78, 5) is 24.3. The molecule has 0 atom stereocenters. The summed E-state index contributed by atoms with van der Waals surface area (Å²) in [6.45, 7) is 2.46. The number of methoxy groups -OCH3 is 1. The highest BCUT2D eigenvalue weighted by atomic mass is 35.5. The SMILES string of the molecule is CCOc1ccc(N/C(=C\C(=O)c2ccc(Cl)cc2)C(=O)OC)cc1. The number of nitrogens with one attached hydrogen (secondary N) is 1. The van der Waals surface area contributed by atoms with Gasteiger partial charge in [0.25, 0.3) is 0 Å². The van der Waals surface area contributed by atoms with Gasteiger partial charge in [0.2, 0.25) is 0 Å². The largest absolute Gasteiger partial charge is 0.494 e. The quantitative estimate of drug-likeness (QED) is 0.458. The van der Waals surface area contributed by atoms with Gasteiger partial charge in [-0.25, -0.2) is 4.79 Å². The van der Waals surface area contributed by atoms with Gasteiger partial charge in [-0.1, -0.05) is 11.6 Å². The highest BCUT2D eigenvalue weighted by Gasteiger charge is 2.13. The van der Waals surface area contributed by atoms with Crippen LogP contribution in [0.3, 0.4) is 0 Å². The van der Waals surface area contributed by atoms with Gasteiger partial charge < -0.3 is 14.8 Å². The summed E-state index contributed by atoms with van der Waals surface area (Å²) in [7, 11) is 1.25. The lowest BCUT2D eigenvalue weighted by Crippen LogP contribution is -2.15. The van der Waals surface area contributed by atoms with Crippen molar-refractivity contribution < 1.29 is 19.1 Å². The molecule has 0 heterocycles. The third kappa shape index (κ3) is 5.36. The number of benzene rings is 2. The maximum absolute atomic E-state index is 12.3. The fraction of sp³-hybridized carbons (Fsp3) is 0.158. The fourth-order valence-electron chi connectivity index (χ4n) is 2.04. The van der Waals surface area contributed by atoms with Gasteiger partial charge in [-0.3, -0.25) is 4.79 Å². The van der Waals surface area contributed by atoms with Crippen LogP contribution in [0.1, 0.15) is 17.3 Å². The Morgan fingerprint density at radius 1 is 1.08 bits per heavy atom. The zero-order chi connectivity index (χ0) is 18.2. The minimum Gasteiger partial charge on any atom is -0.494 e. The van der Waals surface area contributed by atoms with E-state index in [1.807, 2.05) is 6.92 Å². The molecule has 0 aliphatic rings. The lowest BCUT2D eigenvalue weighted by molar-refractivity contribution is -0.135. The zero-order valence-corrected chi connectivity index (χ0v) is 14.7. The Morgan fingerprint density at radius 2 is 1.72 bits per heavy atom. The molecule has 0 aliphatic heterocycles. The number of carbonyl (C=O) groups is 2. The molecule has 6 heteroatoms. The van der Waals surface area contributed by atoms with Crippen molar-refractivity contribution in [3.63, 3.8) is 0 Å². The first-order valence-electron chi connectivity index (χ1n) is 7.63. The number of esters is 1. The van der Waals surface area contributed by atoms with Crippen LogP contribution >= 0.6 is 11.6 Å². The van der Waals surface area contributed by atoms with Gasteiger partial charge in [0, 0.05) is 22.3 Å². The molecule has 2 aromatic rings. The maximum atomic E-state index is 12.3. The average Bonchev–Trinajstić information content (AvgIpc) is 2.62. The highest BCUT2D eigenvalue weighted by molar-refractivity contribution is 6.30. The molecule has 0 aromatic heterocycles. The summed E-state index contributed by atoms with van der Waals surface area (Å²) in [5.41, 5.74) is 1.08. The molecule has 0 spiro atoms. The molecule has 1 N–H and O–H groups in total. The second-order valence-corrected chi connectivity index (χ2v) is 5.44. The molecule has 0 radical (unpaired) electrons. The van der Waals surface area contributed by atoms with Crippen LogP contribution in [0.2, 0.25) is 5.02 Å². The minimum atomic E-state index is -0.642. The zero-order valence-electron chi connectivity index (χ0n) is 13.9. The molecule has 0 saturated heterocycles. The Morgan fingerprint density at radius 3 is 2.28 bits per heavy atom. The molecule has 0 saturated carbocycles. The predicted octanol–water partition coefficient (Wildman–Crippen LogP) is 4.09. The number of rotatable bonds is 7. The number of allylic oxidation sites excluding steroid dienone is 1. The van der Waals surface area contributed by atoms with Crippen molar-refractivity contribution in [2.45, 2.75) is 6.92 Å². The van der Waals surface area contributed by atoms with E-state index in [9.17, 15) is 9.59 Å². The van der Waals surface area contributed by atoms with Crippen LogP contribution in [0, 0.1) is 0 Å². The van der Waals surface area contributed by atoms with Gasteiger partial charge in [0.15, 0.2) is 5.78 Å². The van der Waals surface area contributed by atoms with Gasteiger partial charge in [0.05, 0.1) is 13.7 Å². The number of hydrogen-bond acceptors (Lipinski definition) is 5. The summed E-state index contributed by atoms with van der Waals surface area (Å²) in [6, 6.07) is 13.4. The van der Waals surface area contributed by atoms with E-state index >= 15 is 0 Å². The Hall–Kier alpha value is -2.79. The van der Waals surface area contributed by atoms with Crippen LogP contribution < -0.4 is 10.1 Å². The van der Waals surface area contributed by atoms with E-state index in [1.54, 1.807) is 48.5 Å². The molecule has 0 bridgehead atoms. The summed E-state index contributed by atoms with van der Waals surface area (Å²) >= 11 is 5.81. The number of carbonyl (C=O) groups excluding carboxylic acids is 2. The van der Waals surface area contributed by atoms with Crippen molar-refractivity contribution in [1.29, 1.82) is 0 Å². The van der Waals surface area contributed by atoms with Crippen LogP contribution in [-0.2, 0) is 9.53 Å². The van der Waals surface area contributed by atoms with Crippen LogP contribution in [0.4, 0.5) is 5.69 Å². The monoisotopic (exact) mass is 359 g/mol. The fourth-order valence-corrected chi connectivity index (χ4v) is 2.17. The molecule has 0 unspecified atom stereocenters. The molecule has 0 aliphatic carbocycles. The van der Waals surface area contributed by atoms with Gasteiger partial charge >= 0.3 is 5.97 Å². The van der Waals surface area contributed by atoms with Crippen molar-refractivity contribution in [3.05, 3.63) is 70.9 Å². The van der Waals surface area contributed by atoms with Gasteiger partial charge in [0.1, 0.15) is 11.4 Å². The Labute approximate surface area is 151 Å². The summed E-state index contributed by atoms with van der Waals surface area (Å²) in [6.07, 6.45) is 1.20. The van der Waals surface area contributed by atoms with E-state index in [2.05, 4.69) is 5.32 Å². The van der Waals surface area contributed by atoms with Crippen LogP contribution in [0.15, 0.2) is 60.3 Å². The van der Waals surface area contributed by atoms with Crippen molar-refractivity contribution in [2.75, 3.05) is 19.0 Å². The first kappa shape index (κ1) is 18.5. The third-order valence-electron chi connectivity index (χ3n) is 3.25. The number of hydrogen-bond donors (Lipinski definition) is 1. The molecule has 2 rings (SSSR count). The first-order valence-corrected chi connectivity index (χ1v) is 8.01. The van der Waals surface area contributed by atoms with E-state index in [0.717, 1.165) is 0 Å². The molecule has 130 valence electrons. The van der Waals surface area contributed by atoms with Crippen molar-refractivity contribution >= 4 is 29.0 Å². The second kappa shape index (κ2) is 8.89. The summed E-state index contributed by atoms with van der Waals surface area (Å²) < 4.78 is 10.1. The van der Waals surface area contributed by atoms with Crippen LogP contribution in [-0.4, -0.2) is 25.5 Å². The number of ketones is 1. The molecule has 0 fully saturated rings. The van der Waals surface area contributed by atoms with E-state index in [1.165, 1.54) is 13.2 Å². The Balaban J connectivity index is 2.21. The van der Waals surface area contributed by atoms with Crippen LogP contribution in [0.5, 0.6) is 5.75 Å². The van der Waals surface area contributed by atoms with Crippen molar-refractivity contribution in [3.8, 4) is 5.75 Å². The van der Waals surface area contributed by atoms with E-state index in [-0.39, 0.29) is 11.5 Å². The van der Waals surface area contributed by atoms with E-state index in [0.29, 0.717) is 28.6 Å². The molecule has 5 nitrogen and oxygen atoms in total. The minimum absolute atomic E-state index is 0.0339. The molecule has 25 heavy (non-hydrogen) atoms. The van der Waals surface area contributed by atoms with Crippen molar-refractivity contribution in [2.24, 2.45) is 0 Å². The second-order valence-electron chi connectivity index (χ2n) is 5.00. The molecule has 0 amide bonds. The lowest BCUT2D eigenvalue weighted by Gasteiger charge is -2.10. The highest BCUT2D eigenvalue weighted by Crippen LogP contribution is 2.18. The summed E-state index contributed by atoms with van der Waals surface area (Å²) in [5, 5.41) is 3.42. The predicted molar refractivity (Wildman–Crippen MR) is 97.1 cm³/mol. The van der Waals surface area contributed by atoms with Gasteiger partial charge in [-0.2, -0.15) is 0 Å². The topological polar surface area (TPSA) is 64.6 Å².